The van der Waals surface area contributed by atoms with Crippen molar-refractivity contribution in [1.82, 2.24) is 4.98 Å². The third kappa shape index (κ3) is 4.14. The van der Waals surface area contributed by atoms with Crippen LogP contribution in [0.15, 0.2) is 66.2 Å². The van der Waals surface area contributed by atoms with E-state index >= 15 is 0 Å². The minimum Gasteiger partial charge on any atom is -0.478 e. The minimum atomic E-state index is -0.778. The van der Waals surface area contributed by atoms with Crippen LogP contribution in [0.4, 0.5) is 0 Å². The number of carboxylic acid groups (broad SMARTS) is 1. The standard InChI is InChI=1S/C26H29NO2/c1-2-20(25(28)29)17-26(15-8-11-19-9-4-3-5-10-19)16-14-24-22(18-26)21-12-6-7-13-23(21)27-24/h3-7,9-10,12-13,17,27H,2,8,11,14-16,18H2,1H3,(H,28,29). The molecule has 1 heterocycles. The van der Waals surface area contributed by atoms with Crippen molar-refractivity contribution in [2.75, 3.05) is 0 Å². The van der Waals surface area contributed by atoms with E-state index in [2.05, 4.69) is 59.6 Å². The summed E-state index contributed by atoms with van der Waals surface area (Å²) in [6.45, 7) is 1.94. The maximum absolute atomic E-state index is 11.8. The van der Waals surface area contributed by atoms with Crippen molar-refractivity contribution in [3.05, 3.63) is 83.1 Å². The highest BCUT2D eigenvalue weighted by atomic mass is 16.4. The summed E-state index contributed by atoms with van der Waals surface area (Å²) in [5, 5.41) is 11.0. The molecule has 29 heavy (non-hydrogen) atoms. The van der Waals surface area contributed by atoms with Crippen LogP contribution in [0.2, 0.25) is 0 Å². The number of hydrogen-bond donors (Lipinski definition) is 2. The number of carboxylic acids is 1. The van der Waals surface area contributed by atoms with E-state index in [1.165, 1.54) is 27.7 Å². The van der Waals surface area contributed by atoms with Gasteiger partial charge in [-0.1, -0.05) is 61.5 Å². The zero-order valence-corrected chi connectivity index (χ0v) is 17.1. The summed E-state index contributed by atoms with van der Waals surface area (Å²) in [7, 11) is 0. The number of aromatic nitrogens is 1. The Labute approximate surface area is 172 Å². The molecule has 2 aromatic carbocycles. The molecule has 0 aliphatic heterocycles. The van der Waals surface area contributed by atoms with Gasteiger partial charge in [0.05, 0.1) is 0 Å². The molecule has 1 atom stereocenters. The molecule has 1 aliphatic rings. The molecule has 3 nitrogen and oxygen atoms in total. The number of H-pyrrole nitrogens is 1. The fraction of sp³-hybridized carbons (Fsp3) is 0.346. The summed E-state index contributed by atoms with van der Waals surface area (Å²) < 4.78 is 0. The third-order valence-electron chi connectivity index (χ3n) is 6.42. The average Bonchev–Trinajstić information content (AvgIpc) is 3.10. The van der Waals surface area contributed by atoms with Gasteiger partial charge in [-0.2, -0.15) is 0 Å². The number of benzene rings is 2. The van der Waals surface area contributed by atoms with Crippen molar-refractivity contribution in [3.8, 4) is 0 Å². The molecule has 3 heteroatoms. The van der Waals surface area contributed by atoms with Gasteiger partial charge in [-0.15, -0.1) is 0 Å². The SMILES string of the molecule is CCC(=CC1(CCCc2ccccc2)CCc2[nH]c3ccccc3c2C1)C(=O)O. The van der Waals surface area contributed by atoms with Gasteiger partial charge in [0.2, 0.25) is 0 Å². The number of nitrogens with one attached hydrogen (secondary N) is 1. The number of hydrogen-bond acceptors (Lipinski definition) is 1. The first-order valence-electron chi connectivity index (χ1n) is 10.7. The number of para-hydroxylation sites is 1. The first-order chi connectivity index (χ1) is 14.1. The summed E-state index contributed by atoms with van der Waals surface area (Å²) in [5.74, 6) is -0.778. The molecule has 0 radical (unpaired) electrons. The van der Waals surface area contributed by atoms with Gasteiger partial charge in [0.15, 0.2) is 0 Å². The van der Waals surface area contributed by atoms with Crippen molar-refractivity contribution < 1.29 is 9.90 Å². The highest BCUT2D eigenvalue weighted by Gasteiger charge is 2.35. The van der Waals surface area contributed by atoms with Crippen molar-refractivity contribution >= 4 is 16.9 Å². The second-order valence-electron chi connectivity index (χ2n) is 8.33. The predicted octanol–water partition coefficient (Wildman–Crippen LogP) is 6.09. The molecule has 1 aromatic heterocycles. The minimum absolute atomic E-state index is 0.0868. The van der Waals surface area contributed by atoms with Gasteiger partial charge in [-0.05, 0) is 67.6 Å². The summed E-state index contributed by atoms with van der Waals surface area (Å²) in [6.07, 6.45) is 8.67. The smallest absolute Gasteiger partial charge is 0.331 e. The Morgan fingerprint density at radius 1 is 1.14 bits per heavy atom. The van der Waals surface area contributed by atoms with Crippen LogP contribution in [0.25, 0.3) is 10.9 Å². The molecule has 0 amide bonds. The summed E-state index contributed by atoms with van der Waals surface area (Å²) in [6, 6.07) is 19.1. The van der Waals surface area contributed by atoms with E-state index in [0.717, 1.165) is 38.5 Å². The van der Waals surface area contributed by atoms with Crippen LogP contribution in [0.3, 0.4) is 0 Å². The van der Waals surface area contributed by atoms with Crippen LogP contribution in [0.5, 0.6) is 0 Å². The number of carbonyl (C=O) groups is 1. The van der Waals surface area contributed by atoms with Crippen molar-refractivity contribution in [1.29, 1.82) is 0 Å². The molecule has 150 valence electrons. The Balaban J connectivity index is 1.64. The zero-order valence-electron chi connectivity index (χ0n) is 17.1. The molecule has 0 fully saturated rings. The Bertz CT molecular complexity index is 1030. The molecule has 4 rings (SSSR count). The lowest BCUT2D eigenvalue weighted by Gasteiger charge is -2.36. The van der Waals surface area contributed by atoms with Gasteiger partial charge in [0, 0.05) is 22.2 Å². The monoisotopic (exact) mass is 387 g/mol. The van der Waals surface area contributed by atoms with Crippen molar-refractivity contribution in [2.45, 2.75) is 51.9 Å². The molecule has 2 N–H and O–H groups in total. The van der Waals surface area contributed by atoms with Crippen LogP contribution < -0.4 is 0 Å². The first-order valence-corrected chi connectivity index (χ1v) is 10.7. The Hall–Kier alpha value is -2.81. The lowest BCUT2D eigenvalue weighted by Crippen LogP contribution is -2.28. The molecular formula is C26H29NO2. The van der Waals surface area contributed by atoms with Crippen LogP contribution in [0, 0.1) is 5.41 Å². The van der Waals surface area contributed by atoms with E-state index in [9.17, 15) is 9.90 Å². The number of allylic oxidation sites excluding steroid dienone is 1. The molecule has 0 saturated carbocycles. The van der Waals surface area contributed by atoms with Gasteiger partial charge >= 0.3 is 5.97 Å². The molecule has 0 bridgehead atoms. The van der Waals surface area contributed by atoms with E-state index in [1.54, 1.807) is 0 Å². The largest absolute Gasteiger partial charge is 0.478 e. The fourth-order valence-corrected chi connectivity index (χ4v) is 4.87. The number of rotatable bonds is 7. The van der Waals surface area contributed by atoms with E-state index in [1.807, 2.05) is 13.0 Å². The predicted molar refractivity (Wildman–Crippen MR) is 118 cm³/mol. The van der Waals surface area contributed by atoms with Crippen LogP contribution in [-0.2, 0) is 24.1 Å². The molecule has 1 aliphatic carbocycles. The van der Waals surface area contributed by atoms with Crippen molar-refractivity contribution in [2.24, 2.45) is 5.41 Å². The molecule has 0 saturated heterocycles. The van der Waals surface area contributed by atoms with Gasteiger partial charge < -0.3 is 10.1 Å². The van der Waals surface area contributed by atoms with E-state index in [-0.39, 0.29) is 5.41 Å². The van der Waals surface area contributed by atoms with Crippen LogP contribution >= 0.6 is 0 Å². The van der Waals surface area contributed by atoms with Crippen molar-refractivity contribution in [3.63, 3.8) is 0 Å². The maximum atomic E-state index is 11.8. The van der Waals surface area contributed by atoms with E-state index in [4.69, 9.17) is 0 Å². The summed E-state index contributed by atoms with van der Waals surface area (Å²) >= 11 is 0. The molecule has 0 spiro atoms. The Morgan fingerprint density at radius 3 is 2.66 bits per heavy atom. The second-order valence-corrected chi connectivity index (χ2v) is 8.33. The molecular weight excluding hydrogens is 358 g/mol. The number of fused-ring (bicyclic) bond motifs is 3. The maximum Gasteiger partial charge on any atom is 0.331 e. The van der Waals surface area contributed by atoms with Gasteiger partial charge in [0.25, 0.3) is 0 Å². The van der Waals surface area contributed by atoms with Gasteiger partial charge in [0.1, 0.15) is 0 Å². The number of aromatic amines is 1. The van der Waals surface area contributed by atoms with Gasteiger partial charge in [-0.25, -0.2) is 4.79 Å². The number of aliphatic carboxylic acids is 1. The lowest BCUT2D eigenvalue weighted by atomic mass is 9.68. The third-order valence-corrected chi connectivity index (χ3v) is 6.42. The Kier molecular flexibility index (Phi) is 5.57. The fourth-order valence-electron chi connectivity index (χ4n) is 4.87. The van der Waals surface area contributed by atoms with E-state index in [0.29, 0.717) is 12.0 Å². The second kappa shape index (κ2) is 8.28. The number of aryl methyl sites for hydroxylation is 2. The first kappa shape index (κ1) is 19.5. The zero-order chi connectivity index (χ0) is 20.3. The van der Waals surface area contributed by atoms with E-state index < -0.39 is 5.97 Å². The lowest BCUT2D eigenvalue weighted by molar-refractivity contribution is -0.132. The normalized spacial score (nSPS) is 19.3. The Morgan fingerprint density at radius 2 is 1.90 bits per heavy atom. The summed E-state index contributed by atoms with van der Waals surface area (Å²) in [4.78, 5) is 15.4. The highest BCUT2D eigenvalue weighted by Crippen LogP contribution is 2.44. The highest BCUT2D eigenvalue weighted by molar-refractivity contribution is 5.87. The molecule has 1 unspecified atom stereocenters. The molecule has 3 aromatic rings. The topological polar surface area (TPSA) is 53.1 Å². The van der Waals surface area contributed by atoms with Crippen LogP contribution in [-0.4, -0.2) is 16.1 Å². The van der Waals surface area contributed by atoms with Crippen LogP contribution in [0.1, 0.15) is 49.4 Å². The van der Waals surface area contributed by atoms with Gasteiger partial charge in [-0.3, -0.25) is 0 Å². The average molecular weight is 388 g/mol. The summed E-state index contributed by atoms with van der Waals surface area (Å²) in [5.41, 5.74) is 5.71. The quantitative estimate of drug-likeness (QED) is 0.482.